The molecule has 148 valence electrons. The Hall–Kier alpha value is -3.86. The van der Waals surface area contributed by atoms with E-state index in [4.69, 9.17) is 14.7 Å². The van der Waals surface area contributed by atoms with Gasteiger partial charge in [-0.1, -0.05) is 18.2 Å². The Bertz CT molecular complexity index is 1040. The number of nitriles is 1. The summed E-state index contributed by atoms with van der Waals surface area (Å²) in [5, 5.41) is 16.2. The molecule has 0 saturated heterocycles. The molecule has 0 atom stereocenters. The minimum Gasteiger partial charge on any atom is -0.494 e. The molecule has 1 amide bonds. The smallest absolute Gasteiger partial charge is 0.359 e. The molecule has 0 aliphatic rings. The van der Waals surface area contributed by atoms with E-state index in [1.165, 1.54) is 4.90 Å². The predicted octanol–water partition coefficient (Wildman–Crippen LogP) is 3.07. The summed E-state index contributed by atoms with van der Waals surface area (Å²) in [5.74, 6) is -0.443. The van der Waals surface area contributed by atoms with Gasteiger partial charge in [0, 0.05) is 17.6 Å². The van der Waals surface area contributed by atoms with Gasteiger partial charge in [0.15, 0.2) is 12.3 Å². The Morgan fingerprint density at radius 3 is 2.66 bits per heavy atom. The number of fused-ring (bicyclic) bond motifs is 1. The highest BCUT2D eigenvalue weighted by atomic mass is 16.5. The van der Waals surface area contributed by atoms with Crippen LogP contribution in [0.5, 0.6) is 5.75 Å². The van der Waals surface area contributed by atoms with Crippen LogP contribution in [0.1, 0.15) is 23.8 Å². The number of carbonyl (C=O) groups excluding carboxylic acids is 2. The number of aromatic amines is 1. The van der Waals surface area contributed by atoms with Gasteiger partial charge in [0.1, 0.15) is 5.75 Å². The van der Waals surface area contributed by atoms with Gasteiger partial charge in [0.05, 0.1) is 24.6 Å². The first kappa shape index (κ1) is 19.9. The van der Waals surface area contributed by atoms with Crippen molar-refractivity contribution in [2.75, 3.05) is 24.7 Å². The Morgan fingerprint density at radius 2 is 1.93 bits per heavy atom. The number of nitrogens with zero attached hydrogens (tertiary/aromatic N) is 3. The average Bonchev–Trinajstić information content (AvgIpc) is 3.18. The summed E-state index contributed by atoms with van der Waals surface area (Å²) in [6.07, 6.45) is 0.150. The van der Waals surface area contributed by atoms with Crippen molar-refractivity contribution in [1.29, 1.82) is 5.26 Å². The van der Waals surface area contributed by atoms with Gasteiger partial charge in [-0.15, -0.1) is 0 Å². The Morgan fingerprint density at radius 1 is 1.17 bits per heavy atom. The molecule has 0 aliphatic heterocycles. The summed E-state index contributed by atoms with van der Waals surface area (Å²) >= 11 is 0. The molecule has 8 heteroatoms. The molecule has 0 saturated carbocycles. The third kappa shape index (κ3) is 4.71. The molecular formula is C21H20N4O4. The van der Waals surface area contributed by atoms with E-state index in [0.717, 1.165) is 0 Å². The fourth-order valence-electron chi connectivity index (χ4n) is 2.84. The van der Waals surface area contributed by atoms with E-state index in [9.17, 15) is 9.59 Å². The quantitative estimate of drug-likeness (QED) is 0.590. The Kier molecular flexibility index (Phi) is 6.43. The summed E-state index contributed by atoms with van der Waals surface area (Å²) in [7, 11) is 0. The number of H-pyrrole nitrogens is 1. The van der Waals surface area contributed by atoms with Crippen molar-refractivity contribution in [1.82, 2.24) is 10.2 Å². The van der Waals surface area contributed by atoms with Gasteiger partial charge in [-0.2, -0.15) is 10.4 Å². The number of amides is 1. The van der Waals surface area contributed by atoms with Gasteiger partial charge in [0.2, 0.25) is 0 Å². The zero-order chi connectivity index (χ0) is 20.6. The molecule has 0 aliphatic carbocycles. The van der Waals surface area contributed by atoms with Gasteiger partial charge < -0.3 is 14.4 Å². The van der Waals surface area contributed by atoms with Crippen LogP contribution >= 0.6 is 0 Å². The van der Waals surface area contributed by atoms with E-state index in [-0.39, 0.29) is 18.7 Å². The van der Waals surface area contributed by atoms with E-state index >= 15 is 0 Å². The minimum atomic E-state index is -0.692. The number of ether oxygens (including phenoxy) is 2. The largest absolute Gasteiger partial charge is 0.494 e. The third-order valence-electron chi connectivity index (χ3n) is 4.20. The van der Waals surface area contributed by atoms with Crippen molar-refractivity contribution in [3.8, 4) is 11.8 Å². The van der Waals surface area contributed by atoms with Crippen LogP contribution in [0.4, 0.5) is 5.69 Å². The van der Waals surface area contributed by atoms with Crippen molar-refractivity contribution < 1.29 is 19.1 Å². The van der Waals surface area contributed by atoms with Gasteiger partial charge in [0.25, 0.3) is 5.91 Å². The zero-order valence-electron chi connectivity index (χ0n) is 15.9. The monoisotopic (exact) mass is 392 g/mol. The van der Waals surface area contributed by atoms with Crippen molar-refractivity contribution >= 4 is 28.5 Å². The maximum Gasteiger partial charge on any atom is 0.359 e. The predicted molar refractivity (Wildman–Crippen MR) is 107 cm³/mol. The fourth-order valence-corrected chi connectivity index (χ4v) is 2.84. The second-order valence-electron chi connectivity index (χ2n) is 6.07. The molecular weight excluding hydrogens is 372 g/mol. The van der Waals surface area contributed by atoms with E-state index in [2.05, 4.69) is 10.2 Å². The number of hydrogen-bond acceptors (Lipinski definition) is 6. The molecule has 0 bridgehead atoms. The maximum absolute atomic E-state index is 12.7. The third-order valence-corrected chi connectivity index (χ3v) is 4.20. The number of esters is 1. The lowest BCUT2D eigenvalue weighted by atomic mass is 10.2. The van der Waals surface area contributed by atoms with Gasteiger partial charge in [-0.05, 0) is 37.3 Å². The number of anilines is 1. The highest BCUT2D eigenvalue weighted by Gasteiger charge is 2.20. The second kappa shape index (κ2) is 9.37. The van der Waals surface area contributed by atoms with Crippen LogP contribution in [0.2, 0.25) is 0 Å². The molecule has 0 unspecified atom stereocenters. The number of hydrogen-bond donors (Lipinski definition) is 1. The normalized spacial score (nSPS) is 10.3. The number of benzene rings is 2. The molecule has 1 N–H and O–H groups in total. The highest BCUT2D eigenvalue weighted by Crippen LogP contribution is 2.21. The standard InChI is InChI=1S/C21H20N4O4/c1-2-28-16-10-8-15(9-11-16)25(13-5-12-22)19(26)14-29-21(27)20-17-6-3-4-7-18(17)23-24-20/h3-4,6-11H,2,5,13-14H2,1H3,(H,23,24). The van der Waals surface area contributed by atoms with E-state index < -0.39 is 18.5 Å². The topological polar surface area (TPSA) is 108 Å². The Balaban J connectivity index is 1.69. The van der Waals surface area contributed by atoms with Crippen LogP contribution in [0.3, 0.4) is 0 Å². The summed E-state index contributed by atoms with van der Waals surface area (Å²) in [5.41, 5.74) is 1.42. The molecule has 3 rings (SSSR count). The van der Waals surface area contributed by atoms with Crippen molar-refractivity contribution in [3.63, 3.8) is 0 Å². The van der Waals surface area contributed by atoms with Crippen LogP contribution in [-0.4, -0.2) is 41.8 Å². The molecule has 1 heterocycles. The lowest BCUT2D eigenvalue weighted by Gasteiger charge is -2.22. The lowest BCUT2D eigenvalue weighted by molar-refractivity contribution is -0.121. The summed E-state index contributed by atoms with van der Waals surface area (Å²) in [4.78, 5) is 26.5. The minimum absolute atomic E-state index is 0.123. The van der Waals surface area contributed by atoms with E-state index in [1.54, 1.807) is 42.5 Å². The SMILES string of the molecule is CCOc1ccc(N(CCC#N)C(=O)COC(=O)c2n[nH]c3ccccc23)cc1. The number of nitrogens with one attached hydrogen (secondary N) is 1. The summed E-state index contributed by atoms with van der Waals surface area (Å²) < 4.78 is 10.6. The average molecular weight is 392 g/mol. The zero-order valence-corrected chi connectivity index (χ0v) is 15.9. The molecule has 0 fully saturated rings. The first-order valence-electron chi connectivity index (χ1n) is 9.14. The first-order chi connectivity index (χ1) is 14.1. The van der Waals surface area contributed by atoms with Gasteiger partial charge in [-0.25, -0.2) is 4.79 Å². The Labute approximate surface area is 167 Å². The molecule has 2 aromatic carbocycles. The van der Waals surface area contributed by atoms with Crippen molar-refractivity contribution in [2.24, 2.45) is 0 Å². The highest BCUT2D eigenvalue weighted by molar-refractivity contribution is 6.03. The molecule has 0 spiro atoms. The molecule has 0 radical (unpaired) electrons. The number of rotatable bonds is 8. The molecule has 1 aromatic heterocycles. The second-order valence-corrected chi connectivity index (χ2v) is 6.07. The van der Waals surface area contributed by atoms with Crippen LogP contribution in [0.25, 0.3) is 10.9 Å². The van der Waals surface area contributed by atoms with Crippen LogP contribution in [-0.2, 0) is 9.53 Å². The van der Waals surface area contributed by atoms with Crippen molar-refractivity contribution in [2.45, 2.75) is 13.3 Å². The summed E-state index contributed by atoms with van der Waals surface area (Å²) in [6, 6.07) is 16.1. The number of carbonyl (C=O) groups is 2. The van der Waals surface area contributed by atoms with Crippen LogP contribution in [0, 0.1) is 11.3 Å². The molecule has 8 nitrogen and oxygen atoms in total. The molecule has 29 heavy (non-hydrogen) atoms. The first-order valence-corrected chi connectivity index (χ1v) is 9.14. The lowest BCUT2D eigenvalue weighted by Crippen LogP contribution is -2.35. The summed E-state index contributed by atoms with van der Waals surface area (Å²) in [6.45, 7) is 2.15. The van der Waals surface area contributed by atoms with Crippen molar-refractivity contribution in [3.05, 3.63) is 54.2 Å². The molecule has 3 aromatic rings. The van der Waals surface area contributed by atoms with E-state index in [1.807, 2.05) is 19.1 Å². The van der Waals surface area contributed by atoms with Gasteiger partial charge in [-0.3, -0.25) is 9.89 Å². The maximum atomic E-state index is 12.7. The fraction of sp³-hybridized carbons (Fsp3) is 0.238. The van der Waals surface area contributed by atoms with Crippen LogP contribution < -0.4 is 9.64 Å². The number of para-hydroxylation sites is 1. The van der Waals surface area contributed by atoms with E-state index in [0.29, 0.717) is 28.9 Å². The van der Waals surface area contributed by atoms with Gasteiger partial charge >= 0.3 is 5.97 Å². The number of aromatic nitrogens is 2. The van der Waals surface area contributed by atoms with Crippen LogP contribution in [0.15, 0.2) is 48.5 Å².